The number of thioether (sulfide) groups is 1. The molecule has 0 bridgehead atoms. The van der Waals surface area contributed by atoms with Gasteiger partial charge in [-0.1, -0.05) is 65.1 Å². The molecule has 2 unspecified atom stereocenters. The molecule has 2 heterocycles. The Hall–Kier alpha value is -1.65. The number of hydrogen-bond donors (Lipinski definition) is 1. The summed E-state index contributed by atoms with van der Waals surface area (Å²) >= 11 is 18.0. The van der Waals surface area contributed by atoms with E-state index >= 15 is 0 Å². The van der Waals surface area contributed by atoms with Crippen molar-refractivity contribution >= 4 is 64.5 Å². The van der Waals surface area contributed by atoms with E-state index in [1.165, 1.54) is 22.9 Å². The Balaban J connectivity index is 1.69. The fourth-order valence-corrected chi connectivity index (χ4v) is 4.48. The Morgan fingerprint density at radius 2 is 1.93 bits per heavy atom. The second-order valence-corrected chi connectivity index (χ2v) is 10.5. The molecular formula is C18H17Cl3N2O6S. The first-order chi connectivity index (χ1) is 14.1. The molecule has 2 aliphatic heterocycles. The van der Waals surface area contributed by atoms with Crippen molar-refractivity contribution in [1.29, 1.82) is 0 Å². The summed E-state index contributed by atoms with van der Waals surface area (Å²) in [6, 6.07) is 7.95. The number of esters is 1. The molecule has 0 saturated carbocycles. The molecule has 1 fully saturated rings. The highest BCUT2D eigenvalue weighted by Gasteiger charge is 2.56. The van der Waals surface area contributed by atoms with Crippen LogP contribution in [0.5, 0.6) is 0 Å². The van der Waals surface area contributed by atoms with Crippen molar-refractivity contribution in [2.45, 2.75) is 34.0 Å². The predicted molar refractivity (Wildman–Crippen MR) is 112 cm³/mol. The van der Waals surface area contributed by atoms with Crippen LogP contribution in [-0.4, -0.2) is 60.1 Å². The third-order valence-electron chi connectivity index (χ3n) is 4.37. The Labute approximate surface area is 191 Å². The van der Waals surface area contributed by atoms with Crippen LogP contribution in [0.2, 0.25) is 0 Å². The monoisotopic (exact) mass is 494 g/mol. The van der Waals surface area contributed by atoms with E-state index in [0.29, 0.717) is 5.06 Å². The lowest BCUT2D eigenvalue weighted by atomic mass is 10.1. The number of alkyl halides is 3. The minimum absolute atomic E-state index is 0.00565. The lowest BCUT2D eigenvalue weighted by molar-refractivity contribution is -0.200. The lowest BCUT2D eigenvalue weighted by Crippen LogP contribution is -2.69. The van der Waals surface area contributed by atoms with Crippen LogP contribution in [0.3, 0.4) is 0 Å². The molecule has 30 heavy (non-hydrogen) atoms. The minimum Gasteiger partial charge on any atom is -0.463 e. The van der Waals surface area contributed by atoms with Crippen LogP contribution in [0.15, 0.2) is 42.1 Å². The summed E-state index contributed by atoms with van der Waals surface area (Å²) in [6.07, 6.45) is -0.0307. The summed E-state index contributed by atoms with van der Waals surface area (Å²) in [7, 11) is 0. The Bertz CT molecular complexity index is 863. The predicted octanol–water partition coefficient (Wildman–Crippen LogP) is 3.57. The van der Waals surface area contributed by atoms with Gasteiger partial charge in [0.05, 0.1) is 5.57 Å². The van der Waals surface area contributed by atoms with Crippen LogP contribution in [-0.2, 0) is 25.8 Å². The van der Waals surface area contributed by atoms with Gasteiger partial charge in [0.15, 0.2) is 6.04 Å². The summed E-state index contributed by atoms with van der Waals surface area (Å²) in [6.45, 7) is 1.29. The quantitative estimate of drug-likeness (QED) is 0.279. The Kier molecular flexibility index (Phi) is 7.09. The standard InChI is InChI=1S/C18H17Cl3N2O6S/c1-10-12(16(25)28-9-18(19,20)21)7-22-14(24)13(15(22)30-10)23(17(26)27)29-8-11-5-3-2-4-6-11/h2-7,10,13,15H,8-9H2,1H3,(H,26,27)/t10?,13?,15-/m1/s1. The number of fused-ring (bicyclic) bond motifs is 1. The molecule has 1 aromatic rings. The number of hydroxylamine groups is 2. The number of ether oxygens (including phenoxy) is 1. The molecule has 3 rings (SSSR count). The van der Waals surface area contributed by atoms with E-state index in [0.717, 1.165) is 5.56 Å². The summed E-state index contributed by atoms with van der Waals surface area (Å²) in [5.74, 6) is -1.23. The maximum atomic E-state index is 12.6. The minimum atomic E-state index is -1.75. The van der Waals surface area contributed by atoms with Crippen LogP contribution in [0.4, 0.5) is 4.79 Å². The van der Waals surface area contributed by atoms with E-state index in [4.69, 9.17) is 44.4 Å². The molecule has 12 heteroatoms. The second-order valence-electron chi connectivity index (χ2n) is 6.50. The molecule has 1 aromatic carbocycles. The fourth-order valence-electron chi connectivity index (χ4n) is 2.92. The topological polar surface area (TPSA) is 96.4 Å². The Morgan fingerprint density at radius 1 is 1.27 bits per heavy atom. The summed E-state index contributed by atoms with van der Waals surface area (Å²) in [5, 5.41) is 9.29. The zero-order valence-electron chi connectivity index (χ0n) is 15.5. The van der Waals surface area contributed by atoms with E-state index in [-0.39, 0.29) is 17.4 Å². The van der Waals surface area contributed by atoms with Gasteiger partial charge in [-0.15, -0.1) is 11.8 Å². The molecule has 0 aliphatic carbocycles. The number of β-lactam (4-membered cyclic amide) rings is 1. The molecule has 1 N–H and O–H groups in total. The van der Waals surface area contributed by atoms with Crippen LogP contribution in [0, 0.1) is 0 Å². The van der Waals surface area contributed by atoms with Crippen molar-refractivity contribution in [3.63, 3.8) is 0 Å². The lowest BCUT2D eigenvalue weighted by Gasteiger charge is -2.50. The second kappa shape index (κ2) is 9.23. The SMILES string of the molecule is CC1S[C@@H]2C(N(OCc3ccccc3)C(=O)O)C(=O)N2C=C1C(=O)OCC(Cl)(Cl)Cl. The molecule has 2 aliphatic rings. The summed E-state index contributed by atoms with van der Waals surface area (Å²) in [4.78, 5) is 43.3. The number of carboxylic acid groups (broad SMARTS) is 1. The number of halogens is 3. The van der Waals surface area contributed by atoms with Gasteiger partial charge in [0.2, 0.25) is 3.79 Å². The molecule has 2 amide bonds. The number of rotatable bonds is 6. The maximum absolute atomic E-state index is 12.6. The highest BCUT2D eigenvalue weighted by molar-refractivity contribution is 8.00. The van der Waals surface area contributed by atoms with Crippen LogP contribution in [0.25, 0.3) is 0 Å². The number of nitrogens with zero attached hydrogens (tertiary/aromatic N) is 2. The number of hydrogen-bond acceptors (Lipinski definition) is 6. The Morgan fingerprint density at radius 3 is 2.53 bits per heavy atom. The van der Waals surface area contributed by atoms with Crippen molar-refractivity contribution in [3.8, 4) is 0 Å². The summed E-state index contributed by atoms with van der Waals surface area (Å²) in [5.41, 5.74) is 0.973. The maximum Gasteiger partial charge on any atom is 0.432 e. The van der Waals surface area contributed by atoms with Crippen LogP contribution < -0.4 is 0 Å². The molecule has 162 valence electrons. The number of amides is 2. The first kappa shape index (κ1) is 23.0. The van der Waals surface area contributed by atoms with E-state index in [2.05, 4.69) is 0 Å². The first-order valence-electron chi connectivity index (χ1n) is 8.70. The average Bonchev–Trinajstić information content (AvgIpc) is 2.68. The third kappa shape index (κ3) is 5.15. The van der Waals surface area contributed by atoms with Gasteiger partial charge >= 0.3 is 12.1 Å². The van der Waals surface area contributed by atoms with Crippen molar-refractivity contribution in [1.82, 2.24) is 9.96 Å². The van der Waals surface area contributed by atoms with Crippen molar-refractivity contribution < 1.29 is 29.1 Å². The number of carbonyl (C=O) groups is 3. The molecule has 1 saturated heterocycles. The number of benzene rings is 1. The molecule has 0 radical (unpaired) electrons. The van der Waals surface area contributed by atoms with Gasteiger partial charge in [0.25, 0.3) is 5.91 Å². The number of carbonyl (C=O) groups excluding carboxylic acids is 2. The molecule has 3 atom stereocenters. The largest absolute Gasteiger partial charge is 0.463 e. The summed E-state index contributed by atoms with van der Waals surface area (Å²) < 4.78 is 3.23. The third-order valence-corrected chi connectivity index (χ3v) is 6.12. The fraction of sp³-hybridized carbons (Fsp3) is 0.389. The van der Waals surface area contributed by atoms with E-state index in [9.17, 15) is 19.5 Å². The molecule has 0 aromatic heterocycles. The van der Waals surface area contributed by atoms with Crippen LogP contribution >= 0.6 is 46.6 Å². The van der Waals surface area contributed by atoms with E-state index in [1.54, 1.807) is 31.2 Å². The van der Waals surface area contributed by atoms with E-state index in [1.807, 2.05) is 6.07 Å². The average molecular weight is 496 g/mol. The molecular weight excluding hydrogens is 479 g/mol. The smallest absolute Gasteiger partial charge is 0.432 e. The van der Waals surface area contributed by atoms with Crippen molar-refractivity contribution in [2.24, 2.45) is 0 Å². The van der Waals surface area contributed by atoms with Gasteiger partial charge in [0.1, 0.15) is 18.6 Å². The van der Waals surface area contributed by atoms with Gasteiger partial charge in [0, 0.05) is 11.4 Å². The van der Waals surface area contributed by atoms with Crippen molar-refractivity contribution in [3.05, 3.63) is 47.7 Å². The highest BCUT2D eigenvalue weighted by atomic mass is 35.6. The van der Waals surface area contributed by atoms with Gasteiger partial charge in [-0.3, -0.25) is 9.63 Å². The van der Waals surface area contributed by atoms with E-state index < -0.39 is 39.8 Å². The molecule has 8 nitrogen and oxygen atoms in total. The van der Waals surface area contributed by atoms with Crippen LogP contribution in [0.1, 0.15) is 12.5 Å². The normalized spacial score (nSPS) is 23.2. The zero-order chi connectivity index (χ0) is 22.1. The van der Waals surface area contributed by atoms with Crippen molar-refractivity contribution in [2.75, 3.05) is 6.61 Å². The molecule has 0 spiro atoms. The first-order valence-corrected chi connectivity index (χ1v) is 10.8. The van der Waals surface area contributed by atoms with Gasteiger partial charge in [-0.25, -0.2) is 9.59 Å². The zero-order valence-corrected chi connectivity index (χ0v) is 18.6. The van der Waals surface area contributed by atoms with Gasteiger partial charge in [-0.05, 0) is 12.5 Å². The van der Waals surface area contributed by atoms with Gasteiger partial charge in [-0.2, -0.15) is 5.06 Å². The van der Waals surface area contributed by atoms with Gasteiger partial charge < -0.3 is 14.7 Å². The highest BCUT2D eigenvalue weighted by Crippen LogP contribution is 2.43.